The van der Waals surface area contributed by atoms with E-state index in [-0.39, 0.29) is 0 Å². The maximum atomic E-state index is 5.18. The first-order chi connectivity index (χ1) is 20.9. The Hall–Kier alpha value is -0.240. The van der Waals surface area contributed by atoms with Gasteiger partial charge in [0, 0.05) is 61.8 Å². The van der Waals surface area contributed by atoms with Crippen molar-refractivity contribution in [2.45, 2.75) is 157 Å². The fourth-order valence-corrected chi connectivity index (χ4v) is 7.48. The predicted octanol–water partition coefficient (Wildman–Crippen LogP) is 7.08. The summed E-state index contributed by atoms with van der Waals surface area (Å²) < 4.78 is 5.18. The van der Waals surface area contributed by atoms with Gasteiger partial charge in [-0.2, -0.15) is 0 Å². The molecule has 0 aromatic carbocycles. The van der Waals surface area contributed by atoms with Crippen LogP contribution in [0.1, 0.15) is 127 Å². The molecule has 6 heteroatoms. The molecule has 6 nitrogen and oxygen atoms in total. The van der Waals surface area contributed by atoms with E-state index in [1.807, 2.05) is 0 Å². The zero-order valence-electron chi connectivity index (χ0n) is 31.4. The molecule has 6 heterocycles. The number of piperidine rings is 1. The SMILES string of the molecule is CC(C)N1CC2(CCC2)C1.CC(C)N1CC2(COC2)C1.CC(C)N1CCC1.CC(C)N1CCCC1.CC(C)N1CCCCC1. The van der Waals surface area contributed by atoms with E-state index >= 15 is 0 Å². The molecule has 260 valence electrons. The topological polar surface area (TPSA) is 25.4 Å². The molecular weight excluding hydrogens is 542 g/mol. The number of hydrogen-bond acceptors (Lipinski definition) is 6. The van der Waals surface area contributed by atoms with Gasteiger partial charge < -0.3 is 19.4 Å². The second kappa shape index (κ2) is 18.3. The highest BCUT2D eigenvalue weighted by Crippen LogP contribution is 2.48. The highest BCUT2D eigenvalue weighted by molar-refractivity contribution is 5.01. The molecule has 7 aliphatic rings. The van der Waals surface area contributed by atoms with Crippen molar-refractivity contribution >= 4 is 0 Å². The Morgan fingerprint density at radius 2 is 0.682 bits per heavy atom. The second-order valence-electron chi connectivity index (χ2n) is 16.9. The van der Waals surface area contributed by atoms with Crippen LogP contribution in [0.2, 0.25) is 0 Å². The molecule has 6 saturated heterocycles. The number of likely N-dealkylation sites (tertiary alicyclic amines) is 5. The first-order valence-electron chi connectivity index (χ1n) is 19.1. The minimum absolute atomic E-state index is 0.601. The molecule has 0 N–H and O–H groups in total. The summed E-state index contributed by atoms with van der Waals surface area (Å²) in [5, 5.41) is 0. The molecule has 0 aromatic heterocycles. The van der Waals surface area contributed by atoms with Crippen molar-refractivity contribution in [3.05, 3.63) is 0 Å². The Balaban J connectivity index is 0.000000151. The van der Waals surface area contributed by atoms with Crippen molar-refractivity contribution < 1.29 is 4.74 Å². The molecular formula is C38H77N5O. The molecule has 0 atom stereocenters. The number of nitrogens with zero attached hydrogens (tertiary/aromatic N) is 5. The summed E-state index contributed by atoms with van der Waals surface area (Å²) in [5.74, 6) is 0. The van der Waals surface area contributed by atoms with Crippen LogP contribution in [0.4, 0.5) is 0 Å². The van der Waals surface area contributed by atoms with Crippen molar-refractivity contribution in [2.75, 3.05) is 78.7 Å². The van der Waals surface area contributed by atoms with Gasteiger partial charge in [-0.15, -0.1) is 0 Å². The third kappa shape index (κ3) is 11.8. The molecule has 0 amide bonds. The molecule has 7 rings (SSSR count). The molecule has 1 aliphatic carbocycles. The van der Waals surface area contributed by atoms with E-state index in [1.165, 1.54) is 123 Å². The zero-order valence-corrected chi connectivity index (χ0v) is 31.4. The van der Waals surface area contributed by atoms with Crippen molar-refractivity contribution in [2.24, 2.45) is 10.8 Å². The number of ether oxygens (including phenoxy) is 1. The fraction of sp³-hybridized carbons (Fsp3) is 1.00. The summed E-state index contributed by atoms with van der Waals surface area (Å²) in [6, 6.07) is 3.84. The third-order valence-electron chi connectivity index (χ3n) is 11.5. The first kappa shape index (κ1) is 38.2. The van der Waals surface area contributed by atoms with E-state index in [0.717, 1.165) is 48.8 Å². The summed E-state index contributed by atoms with van der Waals surface area (Å²) in [4.78, 5) is 12.6. The van der Waals surface area contributed by atoms with Crippen molar-refractivity contribution in [3.63, 3.8) is 0 Å². The van der Waals surface area contributed by atoms with Gasteiger partial charge in [0.05, 0.1) is 13.2 Å². The van der Waals surface area contributed by atoms with Crippen molar-refractivity contribution in [3.8, 4) is 0 Å². The van der Waals surface area contributed by atoms with Gasteiger partial charge in [0.15, 0.2) is 0 Å². The normalized spacial score (nSPS) is 26.2. The van der Waals surface area contributed by atoms with Crippen molar-refractivity contribution in [1.29, 1.82) is 0 Å². The summed E-state index contributed by atoms with van der Waals surface area (Å²) in [7, 11) is 0. The quantitative estimate of drug-likeness (QED) is 0.326. The number of hydrogen-bond donors (Lipinski definition) is 0. The van der Waals surface area contributed by atoms with E-state index < -0.39 is 0 Å². The van der Waals surface area contributed by atoms with Crippen LogP contribution in [-0.4, -0.2) is 133 Å². The van der Waals surface area contributed by atoms with Gasteiger partial charge in [-0.1, -0.05) is 12.8 Å². The van der Waals surface area contributed by atoms with Crippen LogP contribution in [0.5, 0.6) is 0 Å². The van der Waals surface area contributed by atoms with Crippen LogP contribution < -0.4 is 0 Å². The van der Waals surface area contributed by atoms with E-state index in [2.05, 4.69) is 93.7 Å². The zero-order chi connectivity index (χ0) is 32.3. The van der Waals surface area contributed by atoms with Gasteiger partial charge in [0.25, 0.3) is 0 Å². The molecule has 1 saturated carbocycles. The van der Waals surface area contributed by atoms with E-state index in [4.69, 9.17) is 4.74 Å². The maximum Gasteiger partial charge on any atom is 0.0569 e. The lowest BCUT2D eigenvalue weighted by Gasteiger charge is -2.57. The van der Waals surface area contributed by atoms with Crippen LogP contribution >= 0.6 is 0 Å². The van der Waals surface area contributed by atoms with Gasteiger partial charge in [-0.25, -0.2) is 0 Å². The molecule has 6 aliphatic heterocycles. The van der Waals surface area contributed by atoms with Crippen LogP contribution in [0, 0.1) is 10.8 Å². The van der Waals surface area contributed by atoms with E-state index in [0.29, 0.717) is 5.41 Å². The molecule has 0 aromatic rings. The lowest BCUT2D eigenvalue weighted by molar-refractivity contribution is -0.195. The molecule has 0 radical (unpaired) electrons. The Morgan fingerprint density at radius 3 is 0.886 bits per heavy atom. The Bertz CT molecular complexity index is 709. The minimum atomic E-state index is 0.601. The highest BCUT2D eigenvalue weighted by atomic mass is 16.5. The van der Waals surface area contributed by atoms with Gasteiger partial charge >= 0.3 is 0 Å². The lowest BCUT2D eigenvalue weighted by Crippen LogP contribution is -2.67. The second-order valence-corrected chi connectivity index (χ2v) is 16.9. The minimum Gasteiger partial charge on any atom is -0.380 e. The molecule has 0 bridgehead atoms. The maximum absolute atomic E-state index is 5.18. The average molecular weight is 620 g/mol. The molecule has 2 spiro atoms. The average Bonchev–Trinajstić information content (AvgIpc) is 3.37. The molecule has 44 heavy (non-hydrogen) atoms. The lowest BCUT2D eigenvalue weighted by atomic mass is 9.63. The summed E-state index contributed by atoms with van der Waals surface area (Å²) in [5.41, 5.74) is 1.43. The largest absolute Gasteiger partial charge is 0.380 e. The van der Waals surface area contributed by atoms with E-state index in [1.54, 1.807) is 0 Å². The summed E-state index contributed by atoms with van der Waals surface area (Å²) in [6.45, 7) is 38.0. The van der Waals surface area contributed by atoms with E-state index in [9.17, 15) is 0 Å². The summed E-state index contributed by atoms with van der Waals surface area (Å²) >= 11 is 0. The molecule has 0 unspecified atom stereocenters. The van der Waals surface area contributed by atoms with Crippen LogP contribution in [-0.2, 0) is 4.74 Å². The Morgan fingerprint density at radius 1 is 0.364 bits per heavy atom. The summed E-state index contributed by atoms with van der Waals surface area (Å²) in [6.07, 6.45) is 13.0. The van der Waals surface area contributed by atoms with Crippen LogP contribution in [0.15, 0.2) is 0 Å². The van der Waals surface area contributed by atoms with Crippen LogP contribution in [0.3, 0.4) is 0 Å². The predicted molar refractivity (Wildman–Crippen MR) is 191 cm³/mol. The fourth-order valence-electron chi connectivity index (χ4n) is 7.48. The van der Waals surface area contributed by atoms with Gasteiger partial charge in [0.1, 0.15) is 0 Å². The molecule has 7 fully saturated rings. The first-order valence-corrected chi connectivity index (χ1v) is 19.1. The smallest absolute Gasteiger partial charge is 0.0569 e. The van der Waals surface area contributed by atoms with Gasteiger partial charge in [-0.3, -0.25) is 9.80 Å². The third-order valence-corrected chi connectivity index (χ3v) is 11.5. The Labute approximate surface area is 275 Å². The Kier molecular flexibility index (Phi) is 15.9. The number of rotatable bonds is 5. The van der Waals surface area contributed by atoms with Gasteiger partial charge in [0.2, 0.25) is 0 Å². The standard InChI is InChI=1S/C9H17N.C8H15NO.C8H17N.C7H15N.C6H13N/c1-8(2)10-6-9(7-10)4-3-5-9;1-7(2)9-3-8(4-9)5-10-6-8;1-8(2)9-6-4-3-5-7-9;1-7(2)8-5-3-4-6-8;1-6(2)7-4-3-5-7/h8H,3-7H2,1-2H3;7H,3-6H2,1-2H3;8H,3-7H2,1-2H3;7H,3-6H2,1-2H3;6H,3-5H2,1-2H3. The van der Waals surface area contributed by atoms with Gasteiger partial charge in [-0.05, 0) is 159 Å². The highest BCUT2D eigenvalue weighted by Gasteiger charge is 2.49. The monoisotopic (exact) mass is 620 g/mol. The van der Waals surface area contributed by atoms with Crippen LogP contribution in [0.25, 0.3) is 0 Å². The van der Waals surface area contributed by atoms with Crippen molar-refractivity contribution in [1.82, 2.24) is 24.5 Å².